The molecule has 0 amide bonds. The van der Waals surface area contributed by atoms with Crippen LogP contribution in [-0.2, 0) is 36.1 Å². The summed E-state index contributed by atoms with van der Waals surface area (Å²) in [6.45, 7) is 6.99. The average Bonchev–Trinajstić information content (AvgIpc) is 3.23. The molecule has 0 saturated carbocycles. The fraction of sp³-hybridized carbons (Fsp3) is 0.556. The number of nitrogens with one attached hydrogen (secondary N) is 1. The second kappa shape index (κ2) is 7.69. The summed E-state index contributed by atoms with van der Waals surface area (Å²) in [5, 5.41) is 7.98. The molecule has 9 nitrogen and oxygen atoms in total. The van der Waals surface area contributed by atoms with Gasteiger partial charge in [-0.1, -0.05) is 6.07 Å². The highest BCUT2D eigenvalue weighted by molar-refractivity contribution is 7.90. The normalized spacial score (nSPS) is 17.0. The van der Waals surface area contributed by atoms with E-state index < -0.39 is 15.3 Å². The van der Waals surface area contributed by atoms with Gasteiger partial charge in [-0.05, 0) is 31.5 Å². The number of hydrogen-bond donors (Lipinski definition) is 1. The molecule has 2 aromatic rings. The first-order chi connectivity index (χ1) is 13.4. The second-order valence-electron chi connectivity index (χ2n) is 7.31. The molecule has 0 unspecified atom stereocenters. The van der Waals surface area contributed by atoms with Crippen molar-refractivity contribution < 1.29 is 17.9 Å². The van der Waals surface area contributed by atoms with Crippen LogP contribution < -0.4 is 14.2 Å². The summed E-state index contributed by atoms with van der Waals surface area (Å²) in [4.78, 5) is 2.36. The maximum absolute atomic E-state index is 12.0. The lowest BCUT2D eigenvalue weighted by Gasteiger charge is -2.20. The van der Waals surface area contributed by atoms with Gasteiger partial charge < -0.3 is 14.0 Å². The number of rotatable bonds is 6. The summed E-state index contributed by atoms with van der Waals surface area (Å²) in [5.74, 6) is 3.14. The fourth-order valence-corrected chi connectivity index (χ4v) is 4.01. The van der Waals surface area contributed by atoms with Crippen LogP contribution in [0.2, 0.25) is 0 Å². The Labute approximate surface area is 164 Å². The molecule has 2 aliphatic rings. The number of ether oxygens (including phenoxy) is 2. The third-order valence-corrected chi connectivity index (χ3v) is 6.88. The Morgan fingerprint density at radius 1 is 1.14 bits per heavy atom. The van der Waals surface area contributed by atoms with Gasteiger partial charge in [0.05, 0.1) is 11.8 Å². The first-order valence-electron chi connectivity index (χ1n) is 9.43. The van der Waals surface area contributed by atoms with E-state index in [0.717, 1.165) is 49.9 Å². The van der Waals surface area contributed by atoms with Gasteiger partial charge in [0.2, 0.25) is 16.8 Å². The Hall–Kier alpha value is -2.17. The molecule has 0 aliphatic carbocycles. The van der Waals surface area contributed by atoms with Gasteiger partial charge in [0.1, 0.15) is 11.6 Å². The zero-order valence-electron chi connectivity index (χ0n) is 16.1. The van der Waals surface area contributed by atoms with Crippen molar-refractivity contribution in [1.29, 1.82) is 0 Å². The predicted octanol–water partition coefficient (Wildman–Crippen LogP) is 0.893. The summed E-state index contributed by atoms with van der Waals surface area (Å²) >= 11 is 0. The van der Waals surface area contributed by atoms with Crippen molar-refractivity contribution in [1.82, 2.24) is 24.4 Å². The summed E-state index contributed by atoms with van der Waals surface area (Å²) in [7, 11) is -3.33. The Morgan fingerprint density at radius 3 is 2.79 bits per heavy atom. The van der Waals surface area contributed by atoms with E-state index in [1.54, 1.807) is 13.8 Å². The topological polar surface area (TPSA) is 98.6 Å². The lowest BCUT2D eigenvalue weighted by atomic mass is 10.2. The molecule has 1 aromatic heterocycles. The summed E-state index contributed by atoms with van der Waals surface area (Å²) in [6, 6.07) is 6.04. The minimum Gasteiger partial charge on any atom is -0.454 e. The number of hydrogen-bond acceptors (Lipinski definition) is 7. The molecule has 2 aliphatic heterocycles. The van der Waals surface area contributed by atoms with Gasteiger partial charge in [0.25, 0.3) is 0 Å². The molecule has 0 fully saturated rings. The highest BCUT2D eigenvalue weighted by atomic mass is 32.2. The largest absolute Gasteiger partial charge is 0.454 e. The fourth-order valence-electron chi connectivity index (χ4n) is 3.34. The van der Waals surface area contributed by atoms with Crippen LogP contribution in [0.15, 0.2) is 18.2 Å². The Bertz CT molecular complexity index is 957. The summed E-state index contributed by atoms with van der Waals surface area (Å²) < 4.78 is 39.5. The van der Waals surface area contributed by atoms with Gasteiger partial charge in [-0.3, -0.25) is 4.90 Å². The van der Waals surface area contributed by atoms with Crippen LogP contribution in [0.3, 0.4) is 0 Å². The van der Waals surface area contributed by atoms with E-state index in [9.17, 15) is 8.42 Å². The molecule has 1 aromatic carbocycles. The van der Waals surface area contributed by atoms with Crippen LogP contribution in [0.1, 0.15) is 31.1 Å². The Morgan fingerprint density at radius 2 is 1.96 bits per heavy atom. The van der Waals surface area contributed by atoms with Gasteiger partial charge in [-0.2, -0.15) is 0 Å². The summed E-state index contributed by atoms with van der Waals surface area (Å²) in [6.07, 6.45) is 0.772. The zero-order chi connectivity index (χ0) is 19.7. The first-order valence-corrected chi connectivity index (χ1v) is 11.0. The minimum absolute atomic E-state index is 0.162. The lowest BCUT2D eigenvalue weighted by molar-refractivity contribution is 0.174. The number of benzene rings is 1. The minimum atomic E-state index is -3.33. The molecule has 10 heteroatoms. The predicted molar refractivity (Wildman–Crippen MR) is 102 cm³/mol. The van der Waals surface area contributed by atoms with Crippen LogP contribution in [0.5, 0.6) is 11.5 Å². The van der Waals surface area contributed by atoms with Gasteiger partial charge in [0, 0.05) is 32.6 Å². The number of fused-ring (bicyclic) bond motifs is 2. The van der Waals surface area contributed by atoms with E-state index in [1.165, 1.54) is 5.56 Å². The van der Waals surface area contributed by atoms with Crippen LogP contribution in [0.25, 0.3) is 0 Å². The third-order valence-electron chi connectivity index (χ3n) is 5.09. The van der Waals surface area contributed by atoms with Crippen LogP contribution in [0, 0.1) is 0 Å². The van der Waals surface area contributed by atoms with Crippen molar-refractivity contribution >= 4 is 10.0 Å². The van der Waals surface area contributed by atoms with Gasteiger partial charge in [-0.25, -0.2) is 13.1 Å². The Balaban J connectivity index is 1.39. The van der Waals surface area contributed by atoms with Crippen molar-refractivity contribution in [3.05, 3.63) is 35.4 Å². The second-order valence-corrected chi connectivity index (χ2v) is 9.63. The monoisotopic (exact) mass is 407 g/mol. The van der Waals surface area contributed by atoms with E-state index >= 15 is 0 Å². The molecule has 0 saturated heterocycles. The quantitative estimate of drug-likeness (QED) is 0.759. The van der Waals surface area contributed by atoms with E-state index in [0.29, 0.717) is 5.82 Å². The number of sulfonamides is 1. The molecule has 0 atom stereocenters. The smallest absolute Gasteiger partial charge is 0.231 e. The Kier molecular flexibility index (Phi) is 5.26. The third kappa shape index (κ3) is 3.98. The average molecular weight is 407 g/mol. The summed E-state index contributed by atoms with van der Waals surface area (Å²) in [5.41, 5.74) is 1.17. The van der Waals surface area contributed by atoms with E-state index in [1.807, 2.05) is 16.7 Å². The maximum Gasteiger partial charge on any atom is 0.231 e. The molecule has 3 heterocycles. The van der Waals surface area contributed by atoms with E-state index in [-0.39, 0.29) is 13.3 Å². The SMILES string of the molecule is CC(C)S(=O)(=O)NCc1nnc2n1CCN(Cc1ccc3c(c1)OCO3)CC2. The van der Waals surface area contributed by atoms with Crippen molar-refractivity contribution in [3.8, 4) is 11.5 Å². The van der Waals surface area contributed by atoms with Crippen molar-refractivity contribution in [3.63, 3.8) is 0 Å². The maximum atomic E-state index is 12.0. The van der Waals surface area contributed by atoms with E-state index in [4.69, 9.17) is 9.47 Å². The van der Waals surface area contributed by atoms with Crippen molar-refractivity contribution in [2.75, 3.05) is 19.9 Å². The molecular weight excluding hydrogens is 382 g/mol. The molecule has 0 radical (unpaired) electrons. The molecule has 0 bridgehead atoms. The van der Waals surface area contributed by atoms with E-state index in [2.05, 4.69) is 25.9 Å². The zero-order valence-corrected chi connectivity index (χ0v) is 16.9. The molecule has 152 valence electrons. The highest BCUT2D eigenvalue weighted by Crippen LogP contribution is 2.32. The first kappa shape index (κ1) is 19.2. The standard InChI is InChI=1S/C18H25N5O4S/c1-13(2)28(24,25)19-10-18-21-20-17-5-6-22(7-8-23(17)18)11-14-3-4-15-16(9-14)27-12-26-15/h3-4,9,13,19H,5-8,10-12H2,1-2H3. The molecule has 28 heavy (non-hydrogen) atoms. The number of aromatic nitrogens is 3. The van der Waals surface area contributed by atoms with Gasteiger partial charge in [0.15, 0.2) is 11.5 Å². The van der Waals surface area contributed by atoms with Gasteiger partial charge >= 0.3 is 0 Å². The highest BCUT2D eigenvalue weighted by Gasteiger charge is 2.22. The van der Waals surface area contributed by atoms with Gasteiger partial charge in [-0.15, -0.1) is 10.2 Å². The van der Waals surface area contributed by atoms with Crippen LogP contribution in [0.4, 0.5) is 0 Å². The molecule has 0 spiro atoms. The van der Waals surface area contributed by atoms with Crippen LogP contribution in [-0.4, -0.2) is 53.2 Å². The molecular formula is C18H25N5O4S. The van der Waals surface area contributed by atoms with Crippen LogP contribution >= 0.6 is 0 Å². The molecule has 1 N–H and O–H groups in total. The van der Waals surface area contributed by atoms with Crippen molar-refractivity contribution in [2.24, 2.45) is 0 Å². The molecule has 4 rings (SSSR count). The lowest BCUT2D eigenvalue weighted by Crippen LogP contribution is -2.31. The number of nitrogens with zero attached hydrogens (tertiary/aromatic N) is 4. The van der Waals surface area contributed by atoms with Crippen molar-refractivity contribution in [2.45, 2.75) is 45.2 Å².